The van der Waals surface area contributed by atoms with Gasteiger partial charge in [0.1, 0.15) is 0 Å². The van der Waals surface area contributed by atoms with Gasteiger partial charge in [-0.1, -0.05) is 36.4 Å². The Morgan fingerprint density at radius 1 is 1.00 bits per heavy atom. The molecule has 1 aliphatic rings. The second kappa shape index (κ2) is 8.58. The predicted molar refractivity (Wildman–Crippen MR) is 122 cm³/mol. The van der Waals surface area contributed by atoms with E-state index in [2.05, 4.69) is 24.1 Å². The van der Waals surface area contributed by atoms with Crippen molar-refractivity contribution in [1.29, 1.82) is 0 Å². The summed E-state index contributed by atoms with van der Waals surface area (Å²) in [6, 6.07) is 16.9. The molecule has 32 heavy (non-hydrogen) atoms. The van der Waals surface area contributed by atoms with Gasteiger partial charge in [0.25, 0.3) is 5.91 Å². The SMILES string of the molecule is CC(C)N1CC([C@@H](C)NC(=O)c2ccc3c(-c4ccc(C(F)(F)F)cc4)cccc3c2)C1. The van der Waals surface area contributed by atoms with E-state index in [1.807, 2.05) is 37.3 Å². The van der Waals surface area contributed by atoms with Crippen LogP contribution in [0.3, 0.4) is 0 Å². The molecule has 0 spiro atoms. The van der Waals surface area contributed by atoms with Crippen molar-refractivity contribution in [2.75, 3.05) is 13.1 Å². The number of hydrogen-bond acceptors (Lipinski definition) is 2. The maximum absolute atomic E-state index is 12.9. The lowest BCUT2D eigenvalue weighted by Crippen LogP contribution is -2.57. The molecule has 1 amide bonds. The van der Waals surface area contributed by atoms with Crippen molar-refractivity contribution >= 4 is 16.7 Å². The van der Waals surface area contributed by atoms with E-state index in [4.69, 9.17) is 0 Å². The fourth-order valence-corrected chi connectivity index (χ4v) is 4.21. The molecule has 3 nitrogen and oxygen atoms in total. The number of carbonyl (C=O) groups is 1. The minimum absolute atomic E-state index is 0.0895. The summed E-state index contributed by atoms with van der Waals surface area (Å²) in [6.07, 6.45) is -4.36. The van der Waals surface area contributed by atoms with Crippen molar-refractivity contribution < 1.29 is 18.0 Å². The molecule has 0 aromatic heterocycles. The number of halogens is 3. The van der Waals surface area contributed by atoms with Crippen molar-refractivity contribution in [2.45, 2.75) is 39.0 Å². The highest BCUT2D eigenvalue weighted by molar-refractivity contribution is 6.02. The molecule has 1 N–H and O–H groups in total. The first-order chi connectivity index (χ1) is 15.1. The maximum atomic E-state index is 12.9. The average Bonchev–Trinajstić information content (AvgIpc) is 2.71. The molecule has 0 unspecified atom stereocenters. The number of nitrogens with zero attached hydrogens (tertiary/aromatic N) is 1. The fourth-order valence-electron chi connectivity index (χ4n) is 4.21. The highest BCUT2D eigenvalue weighted by Crippen LogP contribution is 2.33. The first-order valence-corrected chi connectivity index (χ1v) is 10.9. The molecule has 168 valence electrons. The number of amides is 1. The van der Waals surface area contributed by atoms with E-state index in [0.717, 1.165) is 41.6 Å². The number of hydrogen-bond donors (Lipinski definition) is 1. The smallest absolute Gasteiger partial charge is 0.349 e. The van der Waals surface area contributed by atoms with Gasteiger partial charge in [-0.15, -0.1) is 0 Å². The van der Waals surface area contributed by atoms with Crippen LogP contribution in [0.2, 0.25) is 0 Å². The summed E-state index contributed by atoms with van der Waals surface area (Å²) < 4.78 is 38.6. The summed E-state index contributed by atoms with van der Waals surface area (Å²) in [7, 11) is 0. The van der Waals surface area contributed by atoms with Crippen molar-refractivity contribution in [3.8, 4) is 11.1 Å². The topological polar surface area (TPSA) is 32.3 Å². The third kappa shape index (κ3) is 4.51. The summed E-state index contributed by atoms with van der Waals surface area (Å²) in [5.74, 6) is 0.343. The van der Waals surface area contributed by atoms with Crippen LogP contribution in [0, 0.1) is 5.92 Å². The van der Waals surface area contributed by atoms with Crippen molar-refractivity contribution in [3.05, 3.63) is 71.8 Å². The number of benzene rings is 3. The molecule has 0 saturated carbocycles. The van der Waals surface area contributed by atoms with Gasteiger partial charge < -0.3 is 10.2 Å². The number of fused-ring (bicyclic) bond motifs is 1. The minimum atomic E-state index is -4.36. The standard InChI is InChI=1S/C26H27F3N2O/c1-16(2)31-14-21(15-31)17(3)30-25(32)20-9-12-24-19(13-20)5-4-6-23(24)18-7-10-22(11-8-18)26(27,28)29/h4-13,16-17,21H,14-15H2,1-3H3,(H,30,32)/t17-/m1/s1. The maximum Gasteiger partial charge on any atom is 0.416 e. The molecule has 3 aromatic carbocycles. The van der Waals surface area contributed by atoms with Gasteiger partial charge in [-0.25, -0.2) is 0 Å². The summed E-state index contributed by atoms with van der Waals surface area (Å²) in [5, 5.41) is 4.88. The van der Waals surface area contributed by atoms with E-state index < -0.39 is 11.7 Å². The van der Waals surface area contributed by atoms with Gasteiger partial charge in [0.05, 0.1) is 5.56 Å². The van der Waals surface area contributed by atoms with E-state index >= 15 is 0 Å². The summed E-state index contributed by atoms with van der Waals surface area (Å²) >= 11 is 0. The fraction of sp³-hybridized carbons (Fsp3) is 0.346. The van der Waals surface area contributed by atoms with Crippen LogP contribution in [-0.4, -0.2) is 36.0 Å². The van der Waals surface area contributed by atoms with Crippen LogP contribution in [0.5, 0.6) is 0 Å². The lowest BCUT2D eigenvalue weighted by atomic mass is 9.91. The molecule has 0 aliphatic carbocycles. The number of carbonyl (C=O) groups excluding carboxylic acids is 1. The second-order valence-electron chi connectivity index (χ2n) is 8.89. The normalized spacial score (nSPS) is 16.2. The molecule has 0 bridgehead atoms. The van der Waals surface area contributed by atoms with Crippen molar-refractivity contribution in [3.63, 3.8) is 0 Å². The third-order valence-electron chi connectivity index (χ3n) is 6.40. The summed E-state index contributed by atoms with van der Waals surface area (Å²) in [6.45, 7) is 8.38. The Balaban J connectivity index is 1.52. The molecule has 3 aromatic rings. The molecule has 1 atom stereocenters. The molecule has 1 fully saturated rings. The Morgan fingerprint density at radius 2 is 1.69 bits per heavy atom. The zero-order chi connectivity index (χ0) is 23.0. The summed E-state index contributed by atoms with van der Waals surface area (Å²) in [4.78, 5) is 15.2. The van der Waals surface area contributed by atoms with E-state index in [-0.39, 0.29) is 11.9 Å². The lowest BCUT2D eigenvalue weighted by Gasteiger charge is -2.45. The van der Waals surface area contributed by atoms with Gasteiger partial charge in [-0.3, -0.25) is 4.79 Å². The van der Waals surface area contributed by atoms with Gasteiger partial charge in [0, 0.05) is 36.7 Å². The average molecular weight is 441 g/mol. The van der Waals surface area contributed by atoms with Crippen LogP contribution in [0.25, 0.3) is 21.9 Å². The molecule has 6 heteroatoms. The molecule has 1 aliphatic heterocycles. The van der Waals surface area contributed by atoms with Crippen LogP contribution in [0.15, 0.2) is 60.7 Å². The van der Waals surface area contributed by atoms with Crippen molar-refractivity contribution in [1.82, 2.24) is 10.2 Å². The Bertz CT molecular complexity index is 1120. The largest absolute Gasteiger partial charge is 0.416 e. The van der Waals surface area contributed by atoms with Gasteiger partial charge in [-0.2, -0.15) is 13.2 Å². The third-order valence-corrected chi connectivity index (χ3v) is 6.40. The van der Waals surface area contributed by atoms with Crippen LogP contribution in [0.4, 0.5) is 13.2 Å². The van der Waals surface area contributed by atoms with Gasteiger partial charge in [-0.05, 0) is 66.9 Å². The van der Waals surface area contributed by atoms with Crippen LogP contribution < -0.4 is 5.32 Å². The molecule has 0 radical (unpaired) electrons. The number of likely N-dealkylation sites (tertiary alicyclic amines) is 1. The number of rotatable bonds is 5. The number of nitrogens with one attached hydrogen (secondary N) is 1. The molecule has 1 saturated heterocycles. The first-order valence-electron chi connectivity index (χ1n) is 10.9. The minimum Gasteiger partial charge on any atom is -0.349 e. The molecular formula is C26H27F3N2O. The van der Waals surface area contributed by atoms with Crippen molar-refractivity contribution in [2.24, 2.45) is 5.92 Å². The van der Waals surface area contributed by atoms with E-state index in [9.17, 15) is 18.0 Å². The summed E-state index contributed by atoms with van der Waals surface area (Å²) in [5.41, 5.74) is 1.44. The lowest BCUT2D eigenvalue weighted by molar-refractivity contribution is -0.137. The van der Waals surface area contributed by atoms with E-state index in [0.29, 0.717) is 23.1 Å². The highest BCUT2D eigenvalue weighted by atomic mass is 19.4. The van der Waals surface area contributed by atoms with Gasteiger partial charge >= 0.3 is 6.18 Å². The van der Waals surface area contributed by atoms with Crippen LogP contribution in [0.1, 0.15) is 36.7 Å². The van der Waals surface area contributed by atoms with Crippen LogP contribution in [-0.2, 0) is 6.18 Å². The monoisotopic (exact) mass is 440 g/mol. The first kappa shape index (κ1) is 22.3. The number of alkyl halides is 3. The van der Waals surface area contributed by atoms with Gasteiger partial charge in [0.15, 0.2) is 0 Å². The second-order valence-corrected chi connectivity index (χ2v) is 8.89. The highest BCUT2D eigenvalue weighted by Gasteiger charge is 2.33. The van der Waals surface area contributed by atoms with Crippen LogP contribution >= 0.6 is 0 Å². The predicted octanol–water partition coefficient (Wildman–Crippen LogP) is 5.98. The molecule has 1 heterocycles. The Labute approximate surface area is 186 Å². The Morgan fingerprint density at radius 3 is 2.31 bits per heavy atom. The zero-order valence-electron chi connectivity index (χ0n) is 18.4. The van der Waals surface area contributed by atoms with E-state index in [1.165, 1.54) is 12.1 Å². The molecular weight excluding hydrogens is 413 g/mol. The quantitative estimate of drug-likeness (QED) is 0.529. The Hall–Kier alpha value is -2.86. The zero-order valence-corrected chi connectivity index (χ0v) is 18.4. The Kier molecular flexibility index (Phi) is 5.99. The van der Waals surface area contributed by atoms with Gasteiger partial charge in [0.2, 0.25) is 0 Å². The van der Waals surface area contributed by atoms with E-state index in [1.54, 1.807) is 6.07 Å². The molecule has 4 rings (SSSR count).